The second-order valence-corrected chi connectivity index (χ2v) is 4.13. The van der Waals surface area contributed by atoms with Crippen LogP contribution < -0.4 is 10.1 Å². The van der Waals surface area contributed by atoms with Gasteiger partial charge in [-0.1, -0.05) is 12.1 Å². The molecule has 1 aromatic rings. The number of benzene rings is 1. The summed E-state index contributed by atoms with van der Waals surface area (Å²) in [5.41, 5.74) is 1.96. The zero-order chi connectivity index (χ0) is 14.4. The van der Waals surface area contributed by atoms with E-state index in [1.54, 1.807) is 6.07 Å². The number of hydrogen-bond acceptors (Lipinski definition) is 4. The molecule has 6 nitrogen and oxygen atoms in total. The van der Waals surface area contributed by atoms with E-state index in [0.29, 0.717) is 5.75 Å². The summed E-state index contributed by atoms with van der Waals surface area (Å²) in [5, 5.41) is 19.6. The molecule has 0 saturated heterocycles. The van der Waals surface area contributed by atoms with Gasteiger partial charge in [-0.25, -0.2) is 4.79 Å². The molecule has 0 aliphatic heterocycles. The summed E-state index contributed by atoms with van der Waals surface area (Å²) in [6, 6.07) is 4.16. The molecule has 0 aliphatic carbocycles. The van der Waals surface area contributed by atoms with E-state index >= 15 is 0 Å². The van der Waals surface area contributed by atoms with Crippen molar-refractivity contribution in [2.45, 2.75) is 19.9 Å². The molecule has 0 saturated carbocycles. The van der Waals surface area contributed by atoms with Gasteiger partial charge in [0.15, 0.2) is 6.61 Å². The molecule has 0 fully saturated rings. The van der Waals surface area contributed by atoms with Crippen LogP contribution >= 0.6 is 0 Å². The largest absolute Gasteiger partial charge is 0.483 e. The Kier molecular flexibility index (Phi) is 5.32. The zero-order valence-electron chi connectivity index (χ0n) is 10.8. The van der Waals surface area contributed by atoms with Gasteiger partial charge in [-0.3, -0.25) is 4.79 Å². The number of carbonyl (C=O) groups is 2. The van der Waals surface area contributed by atoms with Gasteiger partial charge in [0.1, 0.15) is 11.8 Å². The van der Waals surface area contributed by atoms with E-state index in [4.69, 9.17) is 14.9 Å². The van der Waals surface area contributed by atoms with Crippen LogP contribution in [0.25, 0.3) is 0 Å². The lowest BCUT2D eigenvalue weighted by Gasteiger charge is -2.13. The highest BCUT2D eigenvalue weighted by atomic mass is 16.5. The quantitative estimate of drug-likeness (QED) is 0.686. The van der Waals surface area contributed by atoms with Crippen molar-refractivity contribution in [2.75, 3.05) is 13.2 Å². The molecule has 1 atom stereocenters. The minimum Gasteiger partial charge on any atom is -0.483 e. The minimum atomic E-state index is -1.31. The summed E-state index contributed by atoms with van der Waals surface area (Å²) in [5.74, 6) is -1.31. The first kappa shape index (κ1) is 15.0. The van der Waals surface area contributed by atoms with E-state index in [1.165, 1.54) is 0 Å². The molecule has 19 heavy (non-hydrogen) atoms. The first-order valence-corrected chi connectivity index (χ1v) is 5.77. The highest BCUT2D eigenvalue weighted by molar-refractivity contribution is 5.84. The standard InChI is InChI=1S/C13H17NO5/c1-8-4-3-5-11(9(8)2)19-7-12(16)14-10(6-15)13(17)18/h3-5,10,15H,6-7H2,1-2H3,(H,14,16)(H,17,18). The number of aliphatic carboxylic acids is 1. The summed E-state index contributed by atoms with van der Waals surface area (Å²) < 4.78 is 5.32. The Morgan fingerprint density at radius 1 is 1.37 bits per heavy atom. The monoisotopic (exact) mass is 267 g/mol. The van der Waals surface area contributed by atoms with E-state index in [2.05, 4.69) is 5.32 Å². The molecule has 0 radical (unpaired) electrons. The molecule has 6 heteroatoms. The molecule has 104 valence electrons. The number of carbonyl (C=O) groups excluding carboxylic acids is 1. The maximum atomic E-state index is 11.5. The summed E-state index contributed by atoms with van der Waals surface area (Å²) in [6.45, 7) is 2.84. The molecule has 1 aromatic carbocycles. The smallest absolute Gasteiger partial charge is 0.328 e. The minimum absolute atomic E-state index is 0.298. The van der Waals surface area contributed by atoms with Crippen LogP contribution in [0.3, 0.4) is 0 Å². The lowest BCUT2D eigenvalue weighted by Crippen LogP contribution is -2.45. The van der Waals surface area contributed by atoms with Crippen LogP contribution in [0.1, 0.15) is 11.1 Å². The van der Waals surface area contributed by atoms with Gasteiger partial charge >= 0.3 is 5.97 Å². The molecular formula is C13H17NO5. The number of hydrogen-bond donors (Lipinski definition) is 3. The maximum absolute atomic E-state index is 11.5. The van der Waals surface area contributed by atoms with Crippen LogP contribution in [-0.2, 0) is 9.59 Å². The van der Waals surface area contributed by atoms with Crippen molar-refractivity contribution in [3.8, 4) is 5.75 Å². The Bertz CT molecular complexity index is 472. The number of carboxylic acids is 1. The van der Waals surface area contributed by atoms with Gasteiger partial charge in [0.05, 0.1) is 6.61 Å². The topological polar surface area (TPSA) is 95.9 Å². The normalized spacial score (nSPS) is 11.7. The van der Waals surface area contributed by atoms with Crippen LogP contribution in [0.2, 0.25) is 0 Å². The first-order chi connectivity index (χ1) is 8.95. The molecule has 1 unspecified atom stereocenters. The zero-order valence-corrected chi connectivity index (χ0v) is 10.8. The van der Waals surface area contributed by atoms with Crippen molar-refractivity contribution in [2.24, 2.45) is 0 Å². The summed E-state index contributed by atoms with van der Waals surface area (Å²) in [6.07, 6.45) is 0. The molecule has 1 rings (SSSR count). The number of aryl methyl sites for hydroxylation is 1. The van der Waals surface area contributed by atoms with E-state index in [0.717, 1.165) is 11.1 Å². The average Bonchev–Trinajstić information content (AvgIpc) is 2.37. The van der Waals surface area contributed by atoms with Crippen LogP contribution in [0, 0.1) is 13.8 Å². The number of aliphatic hydroxyl groups is 1. The summed E-state index contributed by atoms with van der Waals surface area (Å²) in [7, 11) is 0. The Labute approximate surface area is 111 Å². The van der Waals surface area contributed by atoms with Gasteiger partial charge in [-0.2, -0.15) is 0 Å². The lowest BCUT2D eigenvalue weighted by molar-refractivity contribution is -0.143. The number of ether oxygens (including phenoxy) is 1. The molecule has 3 N–H and O–H groups in total. The summed E-state index contributed by atoms with van der Waals surface area (Å²) >= 11 is 0. The van der Waals surface area contributed by atoms with Crippen LogP contribution in [-0.4, -0.2) is 41.3 Å². The van der Waals surface area contributed by atoms with Crippen molar-refractivity contribution in [1.29, 1.82) is 0 Å². The van der Waals surface area contributed by atoms with Gasteiger partial charge < -0.3 is 20.3 Å². The molecule has 1 amide bonds. The fraction of sp³-hybridized carbons (Fsp3) is 0.385. The molecule has 0 heterocycles. The maximum Gasteiger partial charge on any atom is 0.328 e. The highest BCUT2D eigenvalue weighted by Crippen LogP contribution is 2.20. The average molecular weight is 267 g/mol. The van der Waals surface area contributed by atoms with E-state index in [-0.39, 0.29) is 6.61 Å². The first-order valence-electron chi connectivity index (χ1n) is 5.77. The Balaban J connectivity index is 2.55. The summed E-state index contributed by atoms with van der Waals surface area (Å²) in [4.78, 5) is 22.1. The van der Waals surface area contributed by atoms with E-state index < -0.39 is 24.5 Å². The third-order valence-electron chi connectivity index (χ3n) is 2.73. The molecular weight excluding hydrogens is 250 g/mol. The number of rotatable bonds is 6. The van der Waals surface area contributed by atoms with Gasteiger partial charge in [-0.05, 0) is 31.0 Å². The third kappa shape index (κ3) is 4.26. The van der Waals surface area contributed by atoms with E-state index in [9.17, 15) is 9.59 Å². The molecule has 0 bridgehead atoms. The number of carboxylic acid groups (broad SMARTS) is 1. The van der Waals surface area contributed by atoms with Crippen LogP contribution in [0.15, 0.2) is 18.2 Å². The van der Waals surface area contributed by atoms with Gasteiger partial charge in [-0.15, -0.1) is 0 Å². The van der Waals surface area contributed by atoms with Crippen LogP contribution in [0.5, 0.6) is 5.75 Å². The second-order valence-electron chi connectivity index (χ2n) is 4.13. The van der Waals surface area contributed by atoms with Gasteiger partial charge in [0.2, 0.25) is 0 Å². The van der Waals surface area contributed by atoms with Crippen molar-refractivity contribution < 1.29 is 24.5 Å². The number of nitrogens with one attached hydrogen (secondary N) is 1. The third-order valence-corrected chi connectivity index (χ3v) is 2.73. The van der Waals surface area contributed by atoms with Crippen LogP contribution in [0.4, 0.5) is 0 Å². The number of amides is 1. The Morgan fingerprint density at radius 3 is 2.63 bits per heavy atom. The fourth-order valence-electron chi connectivity index (χ4n) is 1.45. The fourth-order valence-corrected chi connectivity index (χ4v) is 1.45. The predicted octanol–water partition coefficient (Wildman–Crippen LogP) is 0.244. The van der Waals surface area contributed by atoms with Gasteiger partial charge in [0, 0.05) is 0 Å². The molecule has 0 aromatic heterocycles. The SMILES string of the molecule is Cc1cccc(OCC(=O)NC(CO)C(=O)O)c1C. The van der Waals surface area contributed by atoms with Crippen molar-refractivity contribution >= 4 is 11.9 Å². The Hall–Kier alpha value is -2.08. The highest BCUT2D eigenvalue weighted by Gasteiger charge is 2.18. The second kappa shape index (κ2) is 6.75. The van der Waals surface area contributed by atoms with Gasteiger partial charge in [0.25, 0.3) is 5.91 Å². The molecule has 0 spiro atoms. The van der Waals surface area contributed by atoms with Crippen molar-refractivity contribution in [1.82, 2.24) is 5.32 Å². The number of aliphatic hydroxyl groups excluding tert-OH is 1. The Morgan fingerprint density at radius 2 is 2.05 bits per heavy atom. The lowest BCUT2D eigenvalue weighted by atomic mass is 10.1. The predicted molar refractivity (Wildman–Crippen MR) is 68.1 cm³/mol. The molecule has 0 aliphatic rings. The van der Waals surface area contributed by atoms with Crippen molar-refractivity contribution in [3.05, 3.63) is 29.3 Å². The van der Waals surface area contributed by atoms with Crippen molar-refractivity contribution in [3.63, 3.8) is 0 Å². The van der Waals surface area contributed by atoms with E-state index in [1.807, 2.05) is 26.0 Å².